The minimum Gasteiger partial charge on any atom is -0.594 e. The van der Waals surface area contributed by atoms with Gasteiger partial charge in [-0.25, -0.2) is 0 Å². The van der Waals surface area contributed by atoms with Crippen LogP contribution in [0.25, 0.3) is 10.8 Å². The van der Waals surface area contributed by atoms with Crippen molar-refractivity contribution in [3.63, 3.8) is 0 Å². The Bertz CT molecular complexity index is 470. The van der Waals surface area contributed by atoms with Crippen molar-refractivity contribution in [3.05, 3.63) is 29.7 Å². The van der Waals surface area contributed by atoms with E-state index in [1.54, 1.807) is 0 Å². The van der Waals surface area contributed by atoms with Crippen LogP contribution in [0.5, 0.6) is 5.75 Å². The first-order chi connectivity index (χ1) is 6.18. The number of hydrogen-bond donors (Lipinski definition) is 2. The van der Waals surface area contributed by atoms with Crippen LogP contribution in [0.1, 0.15) is 0 Å². The van der Waals surface area contributed by atoms with Gasteiger partial charge in [0, 0.05) is 10.8 Å². The maximum absolute atomic E-state index is 10.8. The Kier molecular flexibility index (Phi) is 1.45. The molecule has 0 unspecified atom stereocenters. The lowest BCUT2D eigenvalue weighted by atomic mass is 10.1. The monoisotopic (exact) mass is 177 g/mol. The molecule has 0 aliphatic carbocycles. The minimum atomic E-state index is 0.0669. The highest BCUT2D eigenvalue weighted by molar-refractivity contribution is 5.95. The van der Waals surface area contributed by atoms with Crippen LogP contribution in [-0.2, 0) is 0 Å². The van der Waals surface area contributed by atoms with Crippen molar-refractivity contribution in [2.45, 2.75) is 0 Å². The molecule has 5 nitrogen and oxygen atoms in total. The Morgan fingerprint density at radius 3 is 2.92 bits per heavy atom. The zero-order valence-corrected chi connectivity index (χ0v) is 6.64. The van der Waals surface area contributed by atoms with E-state index in [2.05, 4.69) is 5.10 Å². The molecule has 1 aromatic heterocycles. The summed E-state index contributed by atoms with van der Waals surface area (Å²) in [6.45, 7) is 0. The van der Waals surface area contributed by atoms with E-state index in [1.807, 2.05) is 0 Å². The standard InChI is InChI=1S/C8H7N3O2/c9-7-1-2-8(12)5-3-10-11(13)4-6(5)7/h1-4,12H,9H2. The molecule has 0 atom stereocenters. The van der Waals surface area contributed by atoms with Crippen LogP contribution in [0.15, 0.2) is 24.5 Å². The van der Waals surface area contributed by atoms with Crippen LogP contribution < -0.4 is 10.6 Å². The van der Waals surface area contributed by atoms with Gasteiger partial charge in [-0.2, -0.15) is 0 Å². The van der Waals surface area contributed by atoms with E-state index in [9.17, 15) is 10.3 Å². The molecular formula is C8H7N3O2. The van der Waals surface area contributed by atoms with Gasteiger partial charge in [-0.3, -0.25) is 0 Å². The van der Waals surface area contributed by atoms with Gasteiger partial charge in [0.2, 0.25) is 6.20 Å². The van der Waals surface area contributed by atoms with Gasteiger partial charge in [0.05, 0.1) is 10.8 Å². The lowest BCUT2D eigenvalue weighted by Crippen LogP contribution is -2.29. The molecule has 0 radical (unpaired) electrons. The van der Waals surface area contributed by atoms with Gasteiger partial charge in [0.15, 0.2) is 0 Å². The molecule has 0 aliphatic rings. The fourth-order valence-electron chi connectivity index (χ4n) is 1.18. The SMILES string of the molecule is Nc1ccc(O)c2cn[n+]([O-])cc12. The number of nitrogens with zero attached hydrogens (tertiary/aromatic N) is 2. The minimum absolute atomic E-state index is 0.0669. The van der Waals surface area contributed by atoms with Crippen LogP contribution in [0.4, 0.5) is 5.69 Å². The van der Waals surface area contributed by atoms with Crippen molar-refractivity contribution in [2.75, 3.05) is 5.73 Å². The predicted octanol–water partition coefficient (Wildman–Crippen LogP) is 0.156. The number of phenols is 1. The number of fused-ring (bicyclic) bond motifs is 1. The van der Waals surface area contributed by atoms with E-state index in [1.165, 1.54) is 24.5 Å². The first-order valence-electron chi connectivity index (χ1n) is 3.65. The second-order valence-corrected chi connectivity index (χ2v) is 2.68. The maximum atomic E-state index is 10.8. The molecule has 66 valence electrons. The summed E-state index contributed by atoms with van der Waals surface area (Å²) in [7, 11) is 0. The van der Waals surface area contributed by atoms with E-state index < -0.39 is 0 Å². The van der Waals surface area contributed by atoms with E-state index >= 15 is 0 Å². The number of hydrogen-bond acceptors (Lipinski definition) is 4. The molecular weight excluding hydrogens is 170 g/mol. The summed E-state index contributed by atoms with van der Waals surface area (Å²) in [5.74, 6) is 0.0669. The van der Waals surface area contributed by atoms with Crippen LogP contribution in [0.3, 0.4) is 0 Å². The molecule has 0 saturated carbocycles. The van der Waals surface area contributed by atoms with Crippen molar-refractivity contribution in [1.82, 2.24) is 5.10 Å². The number of nitrogens with two attached hydrogens (primary N) is 1. The normalized spacial score (nSPS) is 10.5. The second-order valence-electron chi connectivity index (χ2n) is 2.68. The molecule has 0 aliphatic heterocycles. The molecule has 0 bridgehead atoms. The summed E-state index contributed by atoms with van der Waals surface area (Å²) in [4.78, 5) is 0.401. The zero-order valence-electron chi connectivity index (χ0n) is 6.64. The molecule has 0 saturated heterocycles. The van der Waals surface area contributed by atoms with Crippen molar-refractivity contribution in [1.29, 1.82) is 0 Å². The molecule has 2 rings (SSSR count). The molecule has 0 fully saturated rings. The average molecular weight is 177 g/mol. The molecule has 1 aromatic carbocycles. The third-order valence-corrected chi connectivity index (χ3v) is 1.84. The second kappa shape index (κ2) is 2.48. The fraction of sp³-hybridized carbons (Fsp3) is 0. The fourth-order valence-corrected chi connectivity index (χ4v) is 1.18. The smallest absolute Gasteiger partial charge is 0.219 e. The van der Waals surface area contributed by atoms with Crippen molar-refractivity contribution < 1.29 is 9.95 Å². The summed E-state index contributed by atoms with van der Waals surface area (Å²) in [6.07, 6.45) is 2.51. The van der Waals surface area contributed by atoms with Crippen molar-refractivity contribution in [3.8, 4) is 5.75 Å². The molecule has 13 heavy (non-hydrogen) atoms. The third kappa shape index (κ3) is 1.10. The Balaban J connectivity index is 2.92. The van der Waals surface area contributed by atoms with E-state index in [0.29, 0.717) is 21.3 Å². The summed E-state index contributed by atoms with van der Waals surface area (Å²) >= 11 is 0. The van der Waals surface area contributed by atoms with Gasteiger partial charge < -0.3 is 16.0 Å². The lowest BCUT2D eigenvalue weighted by molar-refractivity contribution is -0.667. The van der Waals surface area contributed by atoms with Crippen LogP contribution >= 0.6 is 0 Å². The average Bonchev–Trinajstić information content (AvgIpc) is 2.12. The molecule has 0 spiro atoms. The van der Waals surface area contributed by atoms with E-state index in [4.69, 9.17) is 5.73 Å². The zero-order chi connectivity index (χ0) is 9.42. The summed E-state index contributed by atoms with van der Waals surface area (Å²) in [6, 6.07) is 3.01. The Labute approximate surface area is 73.6 Å². The van der Waals surface area contributed by atoms with E-state index in [0.717, 1.165) is 0 Å². The first kappa shape index (κ1) is 7.60. The summed E-state index contributed by atoms with van der Waals surface area (Å²) in [5, 5.41) is 24.6. The molecule has 3 N–H and O–H groups in total. The quantitative estimate of drug-likeness (QED) is 0.259. The Hall–Kier alpha value is -2.04. The maximum Gasteiger partial charge on any atom is 0.219 e. The number of nitrogen functional groups attached to an aromatic ring is 1. The van der Waals surface area contributed by atoms with E-state index in [-0.39, 0.29) is 5.75 Å². The van der Waals surface area contributed by atoms with Crippen molar-refractivity contribution >= 4 is 16.5 Å². The Morgan fingerprint density at radius 2 is 2.15 bits per heavy atom. The number of aromatic nitrogens is 2. The Morgan fingerprint density at radius 1 is 1.38 bits per heavy atom. The number of rotatable bonds is 0. The third-order valence-electron chi connectivity index (χ3n) is 1.84. The number of aromatic hydroxyl groups is 1. The first-order valence-corrected chi connectivity index (χ1v) is 3.65. The molecule has 5 heteroatoms. The predicted molar refractivity (Wildman–Crippen MR) is 46.8 cm³/mol. The summed E-state index contributed by atoms with van der Waals surface area (Å²) in [5.41, 5.74) is 6.05. The van der Waals surface area contributed by atoms with Gasteiger partial charge in [-0.1, -0.05) is 4.85 Å². The highest BCUT2D eigenvalue weighted by atomic mass is 16.5. The van der Waals surface area contributed by atoms with Crippen LogP contribution in [0.2, 0.25) is 0 Å². The molecule has 2 aromatic rings. The number of anilines is 1. The van der Waals surface area contributed by atoms with Gasteiger partial charge in [0.25, 0.3) is 0 Å². The van der Waals surface area contributed by atoms with Crippen LogP contribution in [-0.4, -0.2) is 10.2 Å². The molecule has 0 amide bonds. The number of benzene rings is 1. The van der Waals surface area contributed by atoms with Gasteiger partial charge in [-0.15, -0.1) is 0 Å². The van der Waals surface area contributed by atoms with Gasteiger partial charge in [0.1, 0.15) is 11.9 Å². The number of phenolic OH excluding ortho intramolecular Hbond substituents is 1. The highest BCUT2D eigenvalue weighted by Crippen LogP contribution is 2.26. The molecule has 1 heterocycles. The largest absolute Gasteiger partial charge is 0.594 e. The highest BCUT2D eigenvalue weighted by Gasteiger charge is 2.06. The summed E-state index contributed by atoms with van der Waals surface area (Å²) < 4.78 is 0. The van der Waals surface area contributed by atoms with Crippen LogP contribution in [0, 0.1) is 5.21 Å². The lowest BCUT2D eigenvalue weighted by Gasteiger charge is -2.01. The van der Waals surface area contributed by atoms with Crippen molar-refractivity contribution in [2.24, 2.45) is 0 Å². The van der Waals surface area contributed by atoms with Gasteiger partial charge >= 0.3 is 0 Å². The van der Waals surface area contributed by atoms with Gasteiger partial charge in [-0.05, 0) is 12.1 Å². The topological polar surface area (TPSA) is 86.1 Å².